The first kappa shape index (κ1) is 16.0. The van der Waals surface area contributed by atoms with Gasteiger partial charge in [0.1, 0.15) is 5.69 Å². The third-order valence-corrected chi connectivity index (χ3v) is 5.21. The predicted molar refractivity (Wildman–Crippen MR) is 99.9 cm³/mol. The van der Waals surface area contributed by atoms with E-state index in [1.165, 1.54) is 44.2 Å². The number of H-pyrrole nitrogens is 1. The lowest BCUT2D eigenvalue weighted by molar-refractivity contribution is 0.338. The zero-order chi connectivity index (χ0) is 16.9. The van der Waals surface area contributed by atoms with Gasteiger partial charge in [0.15, 0.2) is 0 Å². The number of aromatic nitrogens is 4. The molecule has 3 aromatic rings. The Morgan fingerprint density at radius 1 is 1.00 bits per heavy atom. The summed E-state index contributed by atoms with van der Waals surface area (Å²) in [5.41, 5.74) is 5.20. The van der Waals surface area contributed by atoms with Crippen molar-refractivity contribution < 1.29 is 0 Å². The van der Waals surface area contributed by atoms with E-state index in [1.54, 1.807) is 6.20 Å². The van der Waals surface area contributed by atoms with E-state index >= 15 is 0 Å². The minimum absolute atomic E-state index is 0.886. The molecule has 25 heavy (non-hydrogen) atoms. The molecule has 0 amide bonds. The van der Waals surface area contributed by atoms with E-state index in [0.717, 1.165) is 34.9 Å². The Bertz CT molecular complexity index is 804. The van der Waals surface area contributed by atoms with Crippen molar-refractivity contribution in [3.63, 3.8) is 0 Å². The number of hydrogen-bond donors (Lipinski definition) is 1. The van der Waals surface area contributed by atoms with Gasteiger partial charge in [-0.05, 0) is 48.6 Å². The van der Waals surface area contributed by atoms with Crippen LogP contribution in [0.4, 0.5) is 0 Å². The maximum absolute atomic E-state index is 4.59. The molecule has 3 heterocycles. The van der Waals surface area contributed by atoms with E-state index in [1.807, 2.05) is 30.6 Å². The number of nitrogens with zero attached hydrogens (tertiary/aromatic N) is 3. The summed E-state index contributed by atoms with van der Waals surface area (Å²) in [6, 6.07) is 10.2. The fourth-order valence-electron chi connectivity index (χ4n) is 3.82. The summed E-state index contributed by atoms with van der Waals surface area (Å²) < 4.78 is 0. The van der Waals surface area contributed by atoms with Crippen LogP contribution in [0.5, 0.6) is 0 Å². The molecule has 4 heteroatoms. The Balaban J connectivity index is 1.53. The van der Waals surface area contributed by atoms with E-state index < -0.39 is 0 Å². The lowest BCUT2D eigenvalue weighted by Crippen LogP contribution is -2.07. The van der Waals surface area contributed by atoms with Crippen molar-refractivity contribution >= 4 is 0 Å². The third-order valence-electron chi connectivity index (χ3n) is 5.21. The molecule has 4 rings (SSSR count). The average molecular weight is 332 g/mol. The van der Waals surface area contributed by atoms with Crippen LogP contribution in [0, 0.1) is 5.92 Å². The summed E-state index contributed by atoms with van der Waals surface area (Å²) in [5.74, 6) is 0.886. The quantitative estimate of drug-likeness (QED) is 0.711. The number of aromatic amines is 1. The molecule has 3 aromatic heterocycles. The summed E-state index contributed by atoms with van der Waals surface area (Å²) in [4.78, 5) is 9.02. The maximum Gasteiger partial charge on any atom is 0.118 e. The molecular formula is C21H24N4. The van der Waals surface area contributed by atoms with Crippen molar-refractivity contribution in [3.8, 4) is 22.5 Å². The van der Waals surface area contributed by atoms with Crippen molar-refractivity contribution in [1.29, 1.82) is 0 Å². The smallest absolute Gasteiger partial charge is 0.118 e. The van der Waals surface area contributed by atoms with E-state index in [-0.39, 0.29) is 0 Å². The summed E-state index contributed by atoms with van der Waals surface area (Å²) in [5, 5.41) is 7.39. The molecule has 0 saturated heterocycles. The number of aryl methyl sites for hydroxylation is 1. The molecule has 0 spiro atoms. The van der Waals surface area contributed by atoms with Gasteiger partial charge in [-0.15, -0.1) is 0 Å². The Kier molecular flexibility index (Phi) is 4.86. The van der Waals surface area contributed by atoms with Crippen LogP contribution in [0.2, 0.25) is 0 Å². The van der Waals surface area contributed by atoms with Crippen molar-refractivity contribution in [3.05, 3.63) is 54.6 Å². The minimum Gasteiger partial charge on any atom is -0.284 e. The third kappa shape index (κ3) is 3.78. The van der Waals surface area contributed by atoms with Crippen LogP contribution in [0.1, 0.15) is 44.2 Å². The Labute approximate surface area is 148 Å². The molecule has 0 radical (unpaired) electrons. The molecule has 1 aliphatic carbocycles. The molecule has 0 bridgehead atoms. The van der Waals surface area contributed by atoms with Crippen LogP contribution in [0.25, 0.3) is 22.5 Å². The molecule has 1 fully saturated rings. The van der Waals surface area contributed by atoms with E-state index in [0.29, 0.717) is 0 Å². The Hall–Kier alpha value is -2.49. The lowest BCUT2D eigenvalue weighted by Gasteiger charge is -2.21. The zero-order valence-electron chi connectivity index (χ0n) is 14.5. The van der Waals surface area contributed by atoms with Gasteiger partial charge < -0.3 is 0 Å². The van der Waals surface area contributed by atoms with Gasteiger partial charge in [0, 0.05) is 29.8 Å². The van der Waals surface area contributed by atoms with Crippen molar-refractivity contribution in [1.82, 2.24) is 20.2 Å². The first-order chi connectivity index (χ1) is 12.4. The van der Waals surface area contributed by atoms with Crippen LogP contribution >= 0.6 is 0 Å². The average Bonchev–Trinajstić information content (AvgIpc) is 3.18. The fraction of sp³-hybridized carbons (Fsp3) is 0.381. The van der Waals surface area contributed by atoms with E-state index in [2.05, 4.69) is 32.3 Å². The van der Waals surface area contributed by atoms with Gasteiger partial charge in [0.25, 0.3) is 0 Å². The van der Waals surface area contributed by atoms with Crippen LogP contribution < -0.4 is 0 Å². The molecular weight excluding hydrogens is 308 g/mol. The monoisotopic (exact) mass is 332 g/mol. The van der Waals surface area contributed by atoms with Crippen molar-refractivity contribution in [2.75, 3.05) is 0 Å². The Morgan fingerprint density at radius 2 is 1.92 bits per heavy atom. The van der Waals surface area contributed by atoms with Gasteiger partial charge in [-0.3, -0.25) is 15.1 Å². The molecule has 0 unspecified atom stereocenters. The number of hydrogen-bond acceptors (Lipinski definition) is 3. The van der Waals surface area contributed by atoms with Gasteiger partial charge in [-0.25, -0.2) is 0 Å². The highest BCUT2D eigenvalue weighted by atomic mass is 15.1. The topological polar surface area (TPSA) is 54.5 Å². The predicted octanol–water partition coefficient (Wildman–Crippen LogP) is 5.05. The van der Waals surface area contributed by atoms with Gasteiger partial charge >= 0.3 is 0 Å². The van der Waals surface area contributed by atoms with Crippen molar-refractivity contribution in [2.45, 2.75) is 44.9 Å². The molecule has 0 atom stereocenters. The molecule has 0 aromatic carbocycles. The van der Waals surface area contributed by atoms with Crippen molar-refractivity contribution in [2.24, 2.45) is 5.92 Å². The van der Waals surface area contributed by atoms with Crippen LogP contribution in [0.15, 0.2) is 48.9 Å². The highest BCUT2D eigenvalue weighted by Gasteiger charge is 2.15. The van der Waals surface area contributed by atoms with Crippen LogP contribution in [-0.2, 0) is 6.42 Å². The SMILES string of the molecule is c1ccc(-c2n[nH]cc2-c2ccnc(CCC3CCCCC3)c2)nc1. The van der Waals surface area contributed by atoms with Gasteiger partial charge in [0.05, 0.1) is 5.69 Å². The number of rotatable bonds is 5. The highest BCUT2D eigenvalue weighted by Crippen LogP contribution is 2.30. The molecule has 1 aliphatic rings. The standard InChI is InChI=1S/C21H24N4/c1-2-6-16(7-3-1)9-10-18-14-17(11-13-22-18)19-15-24-25-21(19)20-8-4-5-12-23-20/h4-5,8,11-16H,1-3,6-7,9-10H2,(H,24,25). The minimum atomic E-state index is 0.886. The normalized spacial score (nSPS) is 15.4. The fourth-order valence-corrected chi connectivity index (χ4v) is 3.82. The zero-order valence-corrected chi connectivity index (χ0v) is 14.5. The second kappa shape index (κ2) is 7.60. The molecule has 0 aliphatic heterocycles. The maximum atomic E-state index is 4.59. The summed E-state index contributed by atoms with van der Waals surface area (Å²) in [6.45, 7) is 0. The number of pyridine rings is 2. The highest BCUT2D eigenvalue weighted by molar-refractivity contribution is 5.78. The summed E-state index contributed by atoms with van der Waals surface area (Å²) in [7, 11) is 0. The first-order valence-corrected chi connectivity index (χ1v) is 9.30. The van der Waals surface area contributed by atoms with Gasteiger partial charge in [-0.1, -0.05) is 38.2 Å². The summed E-state index contributed by atoms with van der Waals surface area (Å²) in [6.07, 6.45) is 15.0. The second-order valence-corrected chi connectivity index (χ2v) is 6.94. The van der Waals surface area contributed by atoms with Crippen LogP contribution in [0.3, 0.4) is 0 Å². The van der Waals surface area contributed by atoms with E-state index in [9.17, 15) is 0 Å². The molecule has 1 saturated carbocycles. The van der Waals surface area contributed by atoms with Gasteiger partial charge in [0.2, 0.25) is 0 Å². The second-order valence-electron chi connectivity index (χ2n) is 6.94. The Morgan fingerprint density at radius 3 is 2.76 bits per heavy atom. The van der Waals surface area contributed by atoms with E-state index in [4.69, 9.17) is 0 Å². The molecule has 128 valence electrons. The molecule has 1 N–H and O–H groups in total. The largest absolute Gasteiger partial charge is 0.284 e. The first-order valence-electron chi connectivity index (χ1n) is 9.30. The lowest BCUT2D eigenvalue weighted by atomic mass is 9.85. The van der Waals surface area contributed by atoms with Gasteiger partial charge in [-0.2, -0.15) is 5.10 Å². The van der Waals surface area contributed by atoms with Crippen LogP contribution in [-0.4, -0.2) is 20.2 Å². The number of nitrogens with one attached hydrogen (secondary N) is 1. The summed E-state index contributed by atoms with van der Waals surface area (Å²) >= 11 is 0. The molecule has 4 nitrogen and oxygen atoms in total.